The molecule has 1 amide bonds. The molecule has 0 saturated heterocycles. The Hall–Kier alpha value is -3.59. The van der Waals surface area contributed by atoms with Crippen LogP contribution in [-0.2, 0) is 9.53 Å². The van der Waals surface area contributed by atoms with Gasteiger partial charge in [-0.3, -0.25) is 4.79 Å². The van der Waals surface area contributed by atoms with E-state index in [2.05, 4.69) is 5.32 Å². The molecule has 0 radical (unpaired) electrons. The van der Waals surface area contributed by atoms with Crippen molar-refractivity contribution >= 4 is 11.6 Å². The van der Waals surface area contributed by atoms with Gasteiger partial charge in [0.15, 0.2) is 0 Å². The second-order valence-corrected chi connectivity index (χ2v) is 5.74. The van der Waals surface area contributed by atoms with E-state index in [1.807, 2.05) is 12.1 Å². The fraction of sp³-hybridized carbons (Fsp3) is 0.100. The number of hydrogen-bond acceptors (Lipinski definition) is 4. The molecule has 1 aliphatic rings. The predicted molar refractivity (Wildman–Crippen MR) is 94.8 cm³/mol. The molecule has 2 aromatic carbocycles. The van der Waals surface area contributed by atoms with Gasteiger partial charge in [0.05, 0.1) is 11.5 Å². The highest BCUT2D eigenvalue weighted by Crippen LogP contribution is 2.40. The van der Waals surface area contributed by atoms with Gasteiger partial charge >= 0.3 is 0 Å². The van der Waals surface area contributed by atoms with Crippen LogP contribution in [0.1, 0.15) is 18.4 Å². The van der Waals surface area contributed by atoms with E-state index in [0.29, 0.717) is 5.69 Å². The highest BCUT2D eigenvalue weighted by atomic mass is 19.1. The highest BCUT2D eigenvalue weighted by molar-refractivity contribution is 6.06. The summed E-state index contributed by atoms with van der Waals surface area (Å²) in [7, 11) is 0. The molecule has 1 aliphatic heterocycles. The molecule has 5 nitrogen and oxygen atoms in total. The van der Waals surface area contributed by atoms with Gasteiger partial charge in [0.25, 0.3) is 5.91 Å². The molecule has 3 rings (SSSR count). The minimum absolute atomic E-state index is 0.00101. The zero-order valence-electron chi connectivity index (χ0n) is 14.0. The van der Waals surface area contributed by atoms with Crippen molar-refractivity contribution in [2.75, 3.05) is 5.32 Å². The molecule has 0 aromatic heterocycles. The molecule has 3 N–H and O–H groups in total. The summed E-state index contributed by atoms with van der Waals surface area (Å²) < 4.78 is 19.8. The Morgan fingerprint density at radius 3 is 2.50 bits per heavy atom. The van der Waals surface area contributed by atoms with Crippen molar-refractivity contribution in [2.45, 2.75) is 12.8 Å². The Morgan fingerprint density at radius 1 is 1.19 bits per heavy atom. The Balaban J connectivity index is 2.09. The normalized spacial score (nSPS) is 16.7. The number of nitrogens with two attached hydrogens (primary N) is 1. The quantitative estimate of drug-likeness (QED) is 0.887. The average molecular weight is 349 g/mol. The molecule has 0 bridgehead atoms. The summed E-state index contributed by atoms with van der Waals surface area (Å²) in [6.45, 7) is 1.56. The largest absolute Gasteiger partial charge is 0.445 e. The maximum absolute atomic E-state index is 14.4. The molecule has 0 unspecified atom stereocenters. The van der Waals surface area contributed by atoms with Crippen LogP contribution in [0.15, 0.2) is 77.4 Å². The van der Waals surface area contributed by atoms with E-state index in [4.69, 9.17) is 10.5 Å². The maximum atomic E-state index is 14.4. The van der Waals surface area contributed by atoms with Crippen molar-refractivity contribution in [1.29, 1.82) is 5.26 Å². The standard InChI is InChI=1S/C20H16FN3O2/c1-12-17(20(25)24-13-7-3-2-4-8-13)18(15(11-22)19(23)26-12)14-9-5-6-10-16(14)21/h2-10,18H,23H2,1H3,(H,24,25)/t18-/m1/s1. The lowest BCUT2D eigenvalue weighted by molar-refractivity contribution is -0.113. The number of allylic oxidation sites excluding steroid dienone is 2. The molecule has 0 fully saturated rings. The number of halogens is 1. The van der Waals surface area contributed by atoms with E-state index in [9.17, 15) is 14.4 Å². The molecule has 130 valence electrons. The lowest BCUT2D eigenvalue weighted by Gasteiger charge is -2.27. The molecule has 0 aliphatic carbocycles. The molecule has 0 saturated carbocycles. The number of nitrogens with zero attached hydrogens (tertiary/aromatic N) is 1. The van der Waals surface area contributed by atoms with E-state index in [-0.39, 0.29) is 28.4 Å². The number of benzene rings is 2. The molecular formula is C20H16FN3O2. The summed E-state index contributed by atoms with van der Waals surface area (Å²) in [5, 5.41) is 12.3. The Kier molecular flexibility index (Phi) is 4.72. The van der Waals surface area contributed by atoms with Crippen LogP contribution >= 0.6 is 0 Å². The smallest absolute Gasteiger partial charge is 0.255 e. The predicted octanol–water partition coefficient (Wildman–Crippen LogP) is 3.55. The van der Waals surface area contributed by atoms with Gasteiger partial charge in [-0.2, -0.15) is 5.26 Å². The number of carbonyl (C=O) groups excluding carboxylic acids is 1. The number of hydrogen-bond donors (Lipinski definition) is 2. The van der Waals surface area contributed by atoms with Gasteiger partial charge in [0, 0.05) is 11.3 Å². The highest BCUT2D eigenvalue weighted by Gasteiger charge is 2.36. The third-order valence-electron chi connectivity index (χ3n) is 4.10. The minimum atomic E-state index is -0.946. The number of para-hydroxylation sites is 1. The SMILES string of the molecule is CC1=C(C(=O)Nc2ccccc2)[C@H](c2ccccc2F)C(C#N)=C(N)O1. The van der Waals surface area contributed by atoms with Crippen molar-refractivity contribution in [1.82, 2.24) is 0 Å². The van der Waals surface area contributed by atoms with Gasteiger partial charge in [-0.1, -0.05) is 36.4 Å². The van der Waals surface area contributed by atoms with Gasteiger partial charge in [0.1, 0.15) is 23.2 Å². The number of carbonyl (C=O) groups is 1. The van der Waals surface area contributed by atoms with Crippen LogP contribution < -0.4 is 11.1 Å². The van der Waals surface area contributed by atoms with Gasteiger partial charge in [-0.05, 0) is 25.1 Å². The van der Waals surface area contributed by atoms with Gasteiger partial charge < -0.3 is 15.8 Å². The Bertz CT molecular complexity index is 959. The van der Waals surface area contributed by atoms with E-state index >= 15 is 0 Å². The second-order valence-electron chi connectivity index (χ2n) is 5.74. The molecule has 6 heteroatoms. The first kappa shape index (κ1) is 17.2. The maximum Gasteiger partial charge on any atom is 0.255 e. The van der Waals surface area contributed by atoms with Crippen LogP contribution in [0.4, 0.5) is 10.1 Å². The van der Waals surface area contributed by atoms with Crippen molar-refractivity contribution in [3.05, 3.63) is 88.8 Å². The zero-order valence-corrected chi connectivity index (χ0v) is 14.0. The van der Waals surface area contributed by atoms with E-state index in [0.717, 1.165) is 0 Å². The van der Waals surface area contributed by atoms with Crippen molar-refractivity contribution in [2.24, 2.45) is 5.73 Å². The third kappa shape index (κ3) is 3.15. The van der Waals surface area contributed by atoms with E-state index in [1.165, 1.54) is 18.2 Å². The number of anilines is 1. The molecule has 2 aromatic rings. The van der Waals surface area contributed by atoms with Gasteiger partial charge in [0.2, 0.25) is 5.88 Å². The summed E-state index contributed by atoms with van der Waals surface area (Å²) in [6.07, 6.45) is 0. The first-order valence-electron chi connectivity index (χ1n) is 7.92. The summed E-state index contributed by atoms with van der Waals surface area (Å²) in [5.41, 5.74) is 6.72. The second kappa shape index (κ2) is 7.11. The van der Waals surface area contributed by atoms with Gasteiger partial charge in [-0.25, -0.2) is 4.39 Å². The van der Waals surface area contributed by atoms with Crippen LogP contribution in [0.25, 0.3) is 0 Å². The molecular weight excluding hydrogens is 333 g/mol. The molecule has 0 spiro atoms. The topological polar surface area (TPSA) is 88.1 Å². The zero-order chi connectivity index (χ0) is 18.7. The van der Waals surface area contributed by atoms with Crippen molar-refractivity contribution in [3.8, 4) is 6.07 Å². The van der Waals surface area contributed by atoms with E-state index < -0.39 is 17.6 Å². The van der Waals surface area contributed by atoms with E-state index in [1.54, 1.807) is 37.3 Å². The van der Waals surface area contributed by atoms with Crippen molar-refractivity contribution < 1.29 is 13.9 Å². The fourth-order valence-electron chi connectivity index (χ4n) is 2.92. The van der Waals surface area contributed by atoms with Crippen LogP contribution in [0, 0.1) is 17.1 Å². The number of ether oxygens (including phenoxy) is 1. The fourth-order valence-corrected chi connectivity index (χ4v) is 2.92. The number of nitrogens with one attached hydrogen (secondary N) is 1. The summed E-state index contributed by atoms with van der Waals surface area (Å²) in [5.74, 6) is -1.86. The number of nitriles is 1. The van der Waals surface area contributed by atoms with Crippen molar-refractivity contribution in [3.63, 3.8) is 0 Å². The van der Waals surface area contributed by atoms with Crippen LogP contribution in [0.5, 0.6) is 0 Å². The summed E-state index contributed by atoms with van der Waals surface area (Å²) in [6, 6.07) is 16.8. The molecule has 26 heavy (non-hydrogen) atoms. The van der Waals surface area contributed by atoms with Gasteiger partial charge in [-0.15, -0.1) is 0 Å². The van der Waals surface area contributed by atoms with Crippen LogP contribution in [0.3, 0.4) is 0 Å². The third-order valence-corrected chi connectivity index (χ3v) is 4.10. The van der Waals surface area contributed by atoms with Crippen LogP contribution in [0.2, 0.25) is 0 Å². The van der Waals surface area contributed by atoms with Crippen LogP contribution in [-0.4, -0.2) is 5.91 Å². The lowest BCUT2D eigenvalue weighted by atomic mass is 9.82. The average Bonchev–Trinajstić information content (AvgIpc) is 2.62. The summed E-state index contributed by atoms with van der Waals surface area (Å²) >= 11 is 0. The molecule has 1 atom stereocenters. The number of rotatable bonds is 3. The lowest BCUT2D eigenvalue weighted by Crippen LogP contribution is -2.28. The minimum Gasteiger partial charge on any atom is -0.445 e. The number of amides is 1. The summed E-state index contributed by atoms with van der Waals surface area (Å²) in [4.78, 5) is 12.9. The monoisotopic (exact) mass is 349 g/mol. The first-order valence-corrected chi connectivity index (χ1v) is 7.92. The molecule has 1 heterocycles. The Labute approximate surface area is 150 Å². The Morgan fingerprint density at radius 2 is 1.85 bits per heavy atom. The first-order chi connectivity index (χ1) is 12.5.